The molecule has 4 heterocycles. The number of anilines is 1. The number of benzene rings is 1. The Kier molecular flexibility index (Phi) is 6.09. The van der Waals surface area contributed by atoms with Crippen molar-refractivity contribution in [3.8, 4) is 5.88 Å². The highest BCUT2D eigenvalue weighted by Gasteiger charge is 2.34. The summed E-state index contributed by atoms with van der Waals surface area (Å²) in [4.78, 5) is 9.32. The standard InChI is InChI=1S/C26H32FN5O2/c27-21-5-7-24-23(11-21)26(30-34-24)32-10-9-31-15-20(3-6-22(31)16-32)17-33-25-8-4-19(14-29-25)13-28-12-18-1-2-18/h4-5,7-8,11,14,18,20,22,28H,1-3,6,9-10,12-13,15-17H2/t20-,22-/m1/s1. The number of halogens is 1. The Morgan fingerprint density at radius 3 is 2.82 bits per heavy atom. The normalized spacial score (nSPS) is 23.3. The summed E-state index contributed by atoms with van der Waals surface area (Å²) < 4.78 is 25.2. The van der Waals surface area contributed by atoms with Crippen molar-refractivity contribution in [2.45, 2.75) is 38.3 Å². The van der Waals surface area contributed by atoms with Gasteiger partial charge in [0.15, 0.2) is 11.4 Å². The van der Waals surface area contributed by atoms with E-state index in [1.165, 1.54) is 30.5 Å². The second-order valence-electron chi connectivity index (χ2n) is 10.1. The summed E-state index contributed by atoms with van der Waals surface area (Å²) in [5.74, 6) is 2.61. The van der Waals surface area contributed by atoms with Crippen LogP contribution in [0, 0.1) is 17.7 Å². The molecule has 0 bridgehead atoms. The molecular weight excluding hydrogens is 433 g/mol. The number of hydrogen-bond donors (Lipinski definition) is 1. The van der Waals surface area contributed by atoms with Crippen LogP contribution in [0.3, 0.4) is 0 Å². The molecule has 0 radical (unpaired) electrons. The molecule has 2 aromatic heterocycles. The van der Waals surface area contributed by atoms with Gasteiger partial charge < -0.3 is 19.5 Å². The van der Waals surface area contributed by atoms with Crippen molar-refractivity contribution in [3.63, 3.8) is 0 Å². The van der Waals surface area contributed by atoms with Gasteiger partial charge in [-0.2, -0.15) is 0 Å². The Morgan fingerprint density at radius 1 is 1.06 bits per heavy atom. The number of nitrogens with zero attached hydrogens (tertiary/aromatic N) is 4. The molecule has 8 heteroatoms. The third-order valence-corrected chi connectivity index (χ3v) is 7.44. The molecule has 2 aliphatic heterocycles. The van der Waals surface area contributed by atoms with Gasteiger partial charge in [0, 0.05) is 56.9 Å². The molecule has 1 aliphatic carbocycles. The van der Waals surface area contributed by atoms with E-state index in [0.717, 1.165) is 69.2 Å². The Bertz CT molecular complexity index is 1120. The van der Waals surface area contributed by atoms with Gasteiger partial charge in [0.1, 0.15) is 5.82 Å². The van der Waals surface area contributed by atoms with E-state index in [1.807, 2.05) is 12.3 Å². The van der Waals surface area contributed by atoms with Crippen LogP contribution in [-0.2, 0) is 6.54 Å². The highest BCUT2D eigenvalue weighted by molar-refractivity contribution is 5.88. The van der Waals surface area contributed by atoms with Gasteiger partial charge in [-0.05, 0) is 61.9 Å². The van der Waals surface area contributed by atoms with Crippen molar-refractivity contribution < 1.29 is 13.7 Å². The molecule has 2 atom stereocenters. The van der Waals surface area contributed by atoms with Crippen molar-refractivity contribution >= 4 is 16.8 Å². The van der Waals surface area contributed by atoms with Crippen LogP contribution in [0.2, 0.25) is 0 Å². The summed E-state index contributed by atoms with van der Waals surface area (Å²) in [5.41, 5.74) is 1.84. The maximum Gasteiger partial charge on any atom is 0.213 e. The lowest BCUT2D eigenvalue weighted by Crippen LogP contribution is -2.57. The number of fused-ring (bicyclic) bond motifs is 2. The number of pyridine rings is 1. The first-order chi connectivity index (χ1) is 16.7. The third kappa shape index (κ3) is 4.88. The van der Waals surface area contributed by atoms with Crippen molar-refractivity contribution in [2.24, 2.45) is 11.8 Å². The number of rotatable bonds is 8. The van der Waals surface area contributed by atoms with Gasteiger partial charge in [-0.1, -0.05) is 11.2 Å². The largest absolute Gasteiger partial charge is 0.477 e. The van der Waals surface area contributed by atoms with Crippen LogP contribution in [0.5, 0.6) is 5.88 Å². The molecule has 3 fully saturated rings. The van der Waals surface area contributed by atoms with Crippen LogP contribution in [-0.4, -0.2) is 60.4 Å². The van der Waals surface area contributed by atoms with Crippen LogP contribution < -0.4 is 15.0 Å². The van der Waals surface area contributed by atoms with Gasteiger partial charge in [-0.3, -0.25) is 4.90 Å². The van der Waals surface area contributed by atoms with E-state index in [-0.39, 0.29) is 5.82 Å². The molecule has 1 aromatic carbocycles. The zero-order valence-electron chi connectivity index (χ0n) is 19.5. The monoisotopic (exact) mass is 465 g/mol. The second kappa shape index (κ2) is 9.50. The number of ether oxygens (including phenoxy) is 1. The number of nitrogens with one attached hydrogen (secondary N) is 1. The number of piperidine rings is 1. The molecule has 0 spiro atoms. The number of hydrogen-bond acceptors (Lipinski definition) is 7. The Balaban J connectivity index is 0.986. The summed E-state index contributed by atoms with van der Waals surface area (Å²) >= 11 is 0. The van der Waals surface area contributed by atoms with Crippen LogP contribution in [0.15, 0.2) is 41.1 Å². The molecular formula is C26H32FN5O2. The zero-order chi connectivity index (χ0) is 22.9. The summed E-state index contributed by atoms with van der Waals surface area (Å²) in [6.07, 6.45) is 6.91. The topological polar surface area (TPSA) is 66.7 Å². The molecule has 3 aromatic rings. The number of piperazine rings is 1. The summed E-state index contributed by atoms with van der Waals surface area (Å²) in [6, 6.07) is 9.16. The first kappa shape index (κ1) is 21.8. The van der Waals surface area contributed by atoms with Gasteiger partial charge in [0.25, 0.3) is 0 Å². The van der Waals surface area contributed by atoms with Crippen molar-refractivity contribution in [2.75, 3.05) is 44.2 Å². The highest BCUT2D eigenvalue weighted by atomic mass is 19.1. The van der Waals surface area contributed by atoms with Crippen LogP contribution >= 0.6 is 0 Å². The molecule has 180 valence electrons. The van der Waals surface area contributed by atoms with Gasteiger partial charge in [0.05, 0.1) is 12.0 Å². The lowest BCUT2D eigenvalue weighted by Gasteiger charge is -2.46. The minimum absolute atomic E-state index is 0.259. The molecule has 1 N–H and O–H groups in total. The zero-order valence-corrected chi connectivity index (χ0v) is 19.5. The van der Waals surface area contributed by atoms with E-state index < -0.39 is 0 Å². The summed E-state index contributed by atoms with van der Waals surface area (Å²) in [5, 5.41) is 8.50. The van der Waals surface area contributed by atoms with E-state index >= 15 is 0 Å². The van der Waals surface area contributed by atoms with Gasteiger partial charge >= 0.3 is 0 Å². The van der Waals surface area contributed by atoms with Crippen molar-refractivity contribution in [1.82, 2.24) is 20.4 Å². The second-order valence-corrected chi connectivity index (χ2v) is 10.1. The van der Waals surface area contributed by atoms with Gasteiger partial charge in [0.2, 0.25) is 5.88 Å². The Hall–Kier alpha value is -2.71. The van der Waals surface area contributed by atoms with Crippen LogP contribution in [0.1, 0.15) is 31.2 Å². The third-order valence-electron chi connectivity index (χ3n) is 7.44. The fourth-order valence-corrected chi connectivity index (χ4v) is 5.26. The predicted molar refractivity (Wildman–Crippen MR) is 128 cm³/mol. The van der Waals surface area contributed by atoms with Crippen molar-refractivity contribution in [3.05, 3.63) is 47.9 Å². The van der Waals surface area contributed by atoms with E-state index in [2.05, 4.69) is 31.3 Å². The Labute approximate surface area is 199 Å². The predicted octanol–water partition coefficient (Wildman–Crippen LogP) is 3.84. The van der Waals surface area contributed by atoms with E-state index in [4.69, 9.17) is 9.26 Å². The van der Waals surface area contributed by atoms with Gasteiger partial charge in [-0.15, -0.1) is 0 Å². The minimum atomic E-state index is -0.259. The molecule has 6 rings (SSSR count). The first-order valence-corrected chi connectivity index (χ1v) is 12.5. The average Bonchev–Trinajstić information content (AvgIpc) is 3.60. The molecule has 34 heavy (non-hydrogen) atoms. The van der Waals surface area contributed by atoms with Gasteiger partial charge in [-0.25, -0.2) is 9.37 Å². The average molecular weight is 466 g/mol. The van der Waals surface area contributed by atoms with Crippen LogP contribution in [0.25, 0.3) is 11.0 Å². The highest BCUT2D eigenvalue weighted by Crippen LogP contribution is 2.32. The minimum Gasteiger partial charge on any atom is -0.477 e. The SMILES string of the molecule is Fc1ccc2onc(N3CCN4C[C@H](COc5ccc(CNCC6CC6)cn5)CC[C@@H]4C3)c2c1. The fourth-order valence-electron chi connectivity index (χ4n) is 5.26. The smallest absolute Gasteiger partial charge is 0.213 e. The summed E-state index contributed by atoms with van der Waals surface area (Å²) in [6.45, 7) is 6.44. The lowest BCUT2D eigenvalue weighted by atomic mass is 9.91. The molecule has 0 amide bonds. The molecule has 0 unspecified atom stereocenters. The molecule has 2 saturated heterocycles. The fraction of sp³-hybridized carbons (Fsp3) is 0.538. The molecule has 7 nitrogen and oxygen atoms in total. The first-order valence-electron chi connectivity index (χ1n) is 12.5. The molecule has 1 saturated carbocycles. The van der Waals surface area contributed by atoms with Crippen LogP contribution in [0.4, 0.5) is 10.2 Å². The van der Waals surface area contributed by atoms with Crippen molar-refractivity contribution in [1.29, 1.82) is 0 Å². The molecule has 3 aliphatic rings. The Morgan fingerprint density at radius 2 is 1.97 bits per heavy atom. The lowest BCUT2D eigenvalue weighted by molar-refractivity contribution is 0.0717. The quantitative estimate of drug-likeness (QED) is 0.542. The van der Waals surface area contributed by atoms with E-state index in [1.54, 1.807) is 6.07 Å². The maximum atomic E-state index is 13.8. The summed E-state index contributed by atoms with van der Waals surface area (Å²) in [7, 11) is 0. The maximum absolute atomic E-state index is 13.8. The number of aromatic nitrogens is 2. The van der Waals surface area contributed by atoms with E-state index in [9.17, 15) is 4.39 Å². The van der Waals surface area contributed by atoms with E-state index in [0.29, 0.717) is 30.0 Å².